The Morgan fingerprint density at radius 3 is 2.80 bits per heavy atom. The van der Waals surface area contributed by atoms with Gasteiger partial charge in [0.25, 0.3) is 5.91 Å². The average molecular weight is 292 g/mol. The summed E-state index contributed by atoms with van der Waals surface area (Å²) in [4.78, 5) is 18.9. The summed E-state index contributed by atoms with van der Waals surface area (Å²) in [6, 6.07) is 0. The quantitative estimate of drug-likeness (QED) is 0.724. The van der Waals surface area contributed by atoms with Crippen molar-refractivity contribution in [2.45, 2.75) is 6.92 Å². The minimum absolute atomic E-state index is 0.167. The number of rotatable bonds is 1. The molecule has 0 unspecified atom stereocenters. The second-order valence-corrected chi connectivity index (χ2v) is 5.76. The molecule has 0 atom stereocenters. The Balaban J connectivity index is 1.77. The van der Waals surface area contributed by atoms with Crippen LogP contribution < -0.4 is 0 Å². The molecule has 3 heterocycles. The van der Waals surface area contributed by atoms with E-state index in [1.807, 2.05) is 26.2 Å². The number of thioether (sulfide) groups is 1. The minimum atomic E-state index is -0.167. The maximum Gasteiger partial charge on any atom is 0.286 e. The molecule has 3 rings (SSSR count). The van der Waals surface area contributed by atoms with E-state index in [1.54, 1.807) is 4.68 Å². The Labute approximate surface area is 121 Å². The Kier molecular flexibility index (Phi) is 3.62. The van der Waals surface area contributed by atoms with Crippen molar-refractivity contribution in [1.82, 2.24) is 14.7 Å². The van der Waals surface area contributed by atoms with Gasteiger partial charge in [-0.15, -0.1) is 0 Å². The van der Waals surface area contributed by atoms with E-state index < -0.39 is 0 Å². The summed E-state index contributed by atoms with van der Waals surface area (Å²) >= 11 is 1.43. The molecule has 0 bridgehead atoms. The van der Waals surface area contributed by atoms with E-state index in [0.717, 1.165) is 29.5 Å². The second kappa shape index (κ2) is 5.41. The van der Waals surface area contributed by atoms with Crippen LogP contribution in [0.1, 0.15) is 11.3 Å². The third-order valence-corrected chi connectivity index (χ3v) is 4.27. The van der Waals surface area contributed by atoms with Crippen LogP contribution >= 0.6 is 11.8 Å². The maximum atomic E-state index is 12.0. The number of morpholine rings is 1. The standard InChI is InChI=1S/C13H16N4O2S/c1-9-10(8-16(2)15-9)7-11-12(18)14-13(20-11)17-3-5-19-6-4-17/h7-8H,3-6H2,1-2H3/b11-7-. The van der Waals surface area contributed by atoms with Gasteiger partial charge >= 0.3 is 0 Å². The number of ether oxygens (including phenoxy) is 1. The van der Waals surface area contributed by atoms with E-state index in [-0.39, 0.29) is 5.91 Å². The van der Waals surface area contributed by atoms with Gasteiger partial charge in [0.2, 0.25) is 0 Å². The van der Waals surface area contributed by atoms with E-state index >= 15 is 0 Å². The van der Waals surface area contributed by atoms with Crippen molar-refractivity contribution in [3.63, 3.8) is 0 Å². The molecule has 0 aromatic carbocycles. The number of aliphatic imine (C=N–C) groups is 1. The number of aryl methyl sites for hydroxylation is 2. The molecule has 7 heteroatoms. The number of carbonyl (C=O) groups excluding carboxylic acids is 1. The molecule has 1 aromatic rings. The first-order valence-corrected chi connectivity index (χ1v) is 7.30. The highest BCUT2D eigenvalue weighted by Crippen LogP contribution is 2.30. The molecular weight excluding hydrogens is 276 g/mol. The zero-order chi connectivity index (χ0) is 14.1. The van der Waals surface area contributed by atoms with Crippen LogP contribution in [-0.2, 0) is 16.6 Å². The van der Waals surface area contributed by atoms with E-state index in [1.165, 1.54) is 11.8 Å². The fourth-order valence-corrected chi connectivity index (χ4v) is 3.14. The molecule has 1 fully saturated rings. The average Bonchev–Trinajstić information content (AvgIpc) is 2.95. The lowest BCUT2D eigenvalue weighted by molar-refractivity contribution is -0.113. The van der Waals surface area contributed by atoms with Gasteiger partial charge in [-0.05, 0) is 24.8 Å². The van der Waals surface area contributed by atoms with Crippen LogP contribution in [0.2, 0.25) is 0 Å². The van der Waals surface area contributed by atoms with Crippen LogP contribution in [0, 0.1) is 6.92 Å². The van der Waals surface area contributed by atoms with Gasteiger partial charge in [0.1, 0.15) is 0 Å². The van der Waals surface area contributed by atoms with Gasteiger partial charge in [0, 0.05) is 31.9 Å². The lowest BCUT2D eigenvalue weighted by Crippen LogP contribution is -2.38. The van der Waals surface area contributed by atoms with Crippen molar-refractivity contribution in [2.24, 2.45) is 12.0 Å². The SMILES string of the molecule is Cc1nn(C)cc1/C=C1\SC(N2CCOCC2)=NC1=O. The fourth-order valence-electron chi connectivity index (χ4n) is 2.19. The molecule has 6 nitrogen and oxygen atoms in total. The van der Waals surface area contributed by atoms with Crippen LogP contribution in [0.4, 0.5) is 0 Å². The summed E-state index contributed by atoms with van der Waals surface area (Å²) in [5, 5.41) is 5.06. The van der Waals surface area contributed by atoms with Gasteiger partial charge in [-0.25, -0.2) is 0 Å². The molecule has 106 valence electrons. The smallest absolute Gasteiger partial charge is 0.286 e. The first-order valence-electron chi connectivity index (χ1n) is 6.49. The molecule has 0 saturated carbocycles. The summed E-state index contributed by atoms with van der Waals surface area (Å²) in [6.45, 7) is 4.89. The number of amidine groups is 1. The van der Waals surface area contributed by atoms with Crippen molar-refractivity contribution in [1.29, 1.82) is 0 Å². The molecule has 0 N–H and O–H groups in total. The van der Waals surface area contributed by atoms with E-state index in [0.29, 0.717) is 18.1 Å². The summed E-state index contributed by atoms with van der Waals surface area (Å²) in [6.07, 6.45) is 3.77. The maximum absolute atomic E-state index is 12.0. The third-order valence-electron chi connectivity index (χ3n) is 3.23. The fraction of sp³-hybridized carbons (Fsp3) is 0.462. The molecular formula is C13H16N4O2S. The highest BCUT2D eigenvalue weighted by Gasteiger charge is 2.27. The second-order valence-electron chi connectivity index (χ2n) is 4.75. The van der Waals surface area contributed by atoms with Crippen molar-refractivity contribution >= 4 is 28.9 Å². The highest BCUT2D eigenvalue weighted by molar-refractivity contribution is 8.18. The monoisotopic (exact) mass is 292 g/mol. The van der Waals surface area contributed by atoms with Crippen molar-refractivity contribution in [3.8, 4) is 0 Å². The van der Waals surface area contributed by atoms with Gasteiger partial charge in [-0.1, -0.05) is 0 Å². The summed E-state index contributed by atoms with van der Waals surface area (Å²) in [5.41, 5.74) is 1.87. The first-order chi connectivity index (χ1) is 9.63. The normalized spacial score (nSPS) is 21.7. The molecule has 0 spiro atoms. The Morgan fingerprint density at radius 1 is 1.40 bits per heavy atom. The molecule has 1 amide bonds. The van der Waals surface area contributed by atoms with E-state index in [2.05, 4.69) is 15.0 Å². The van der Waals surface area contributed by atoms with Gasteiger partial charge in [-0.2, -0.15) is 10.1 Å². The van der Waals surface area contributed by atoms with Gasteiger partial charge in [0.05, 0.1) is 23.8 Å². The summed E-state index contributed by atoms with van der Waals surface area (Å²) in [5.74, 6) is -0.167. The van der Waals surface area contributed by atoms with Crippen LogP contribution in [0.25, 0.3) is 6.08 Å². The Hall–Kier alpha value is -1.60. The molecule has 1 aromatic heterocycles. The zero-order valence-corrected chi connectivity index (χ0v) is 12.3. The van der Waals surface area contributed by atoms with Gasteiger partial charge < -0.3 is 9.64 Å². The van der Waals surface area contributed by atoms with Gasteiger partial charge in [-0.3, -0.25) is 9.48 Å². The zero-order valence-electron chi connectivity index (χ0n) is 11.5. The number of nitrogens with zero attached hydrogens (tertiary/aromatic N) is 4. The van der Waals surface area contributed by atoms with Crippen molar-refractivity contribution in [3.05, 3.63) is 22.4 Å². The first kappa shape index (κ1) is 13.4. The largest absolute Gasteiger partial charge is 0.378 e. The Bertz CT molecular complexity index is 600. The molecule has 1 saturated heterocycles. The number of aromatic nitrogens is 2. The number of hydrogen-bond donors (Lipinski definition) is 0. The predicted molar refractivity (Wildman–Crippen MR) is 78.3 cm³/mol. The highest BCUT2D eigenvalue weighted by atomic mass is 32.2. The third kappa shape index (κ3) is 2.64. The van der Waals surface area contributed by atoms with Crippen LogP contribution in [0.15, 0.2) is 16.1 Å². The molecule has 20 heavy (non-hydrogen) atoms. The van der Waals surface area contributed by atoms with Crippen molar-refractivity contribution < 1.29 is 9.53 Å². The van der Waals surface area contributed by atoms with Crippen LogP contribution in [-0.4, -0.2) is 52.1 Å². The van der Waals surface area contributed by atoms with Gasteiger partial charge in [0.15, 0.2) is 5.17 Å². The predicted octanol–water partition coefficient (Wildman–Crippen LogP) is 1.03. The van der Waals surface area contributed by atoms with Crippen LogP contribution in [0.3, 0.4) is 0 Å². The lowest BCUT2D eigenvalue weighted by Gasteiger charge is -2.27. The number of carbonyl (C=O) groups is 1. The molecule has 2 aliphatic rings. The van der Waals surface area contributed by atoms with Crippen LogP contribution in [0.5, 0.6) is 0 Å². The minimum Gasteiger partial charge on any atom is -0.378 e. The molecule has 0 aliphatic carbocycles. The van der Waals surface area contributed by atoms with Crippen molar-refractivity contribution in [2.75, 3.05) is 26.3 Å². The Morgan fingerprint density at radius 2 is 2.15 bits per heavy atom. The number of amides is 1. The molecule has 0 radical (unpaired) electrons. The lowest BCUT2D eigenvalue weighted by atomic mass is 10.2. The topological polar surface area (TPSA) is 59.7 Å². The number of hydrogen-bond acceptors (Lipinski definition) is 5. The van der Waals surface area contributed by atoms with E-state index in [4.69, 9.17) is 4.74 Å². The summed E-state index contributed by atoms with van der Waals surface area (Å²) in [7, 11) is 1.87. The summed E-state index contributed by atoms with van der Waals surface area (Å²) < 4.78 is 7.06. The molecule has 2 aliphatic heterocycles. The van der Waals surface area contributed by atoms with E-state index in [9.17, 15) is 4.79 Å².